The largest absolute Gasteiger partial charge is 0.325 e. The van der Waals surface area contributed by atoms with Crippen molar-refractivity contribution in [3.8, 4) is 0 Å². The van der Waals surface area contributed by atoms with E-state index in [9.17, 15) is 9.59 Å². The molecule has 0 saturated heterocycles. The van der Waals surface area contributed by atoms with Crippen molar-refractivity contribution in [1.82, 2.24) is 15.0 Å². The lowest BCUT2D eigenvalue weighted by molar-refractivity contribution is -0.115. The molecule has 2 heterocycles. The van der Waals surface area contributed by atoms with Crippen LogP contribution in [0.15, 0.2) is 24.4 Å². The van der Waals surface area contributed by atoms with Gasteiger partial charge in [0, 0.05) is 25.4 Å². The minimum Gasteiger partial charge on any atom is -0.325 e. The Hall–Kier alpha value is -2.96. The lowest BCUT2D eigenvalue weighted by Crippen LogP contribution is -2.13. The van der Waals surface area contributed by atoms with Crippen LogP contribution in [0.25, 0.3) is 21.8 Å². The van der Waals surface area contributed by atoms with E-state index in [1.807, 2.05) is 18.2 Å². The van der Waals surface area contributed by atoms with Crippen molar-refractivity contribution in [3.05, 3.63) is 24.4 Å². The Morgan fingerprint density at radius 1 is 1.10 bits per heavy atom. The molecule has 0 atom stereocenters. The van der Waals surface area contributed by atoms with Gasteiger partial charge in [-0.2, -0.15) is 4.98 Å². The van der Waals surface area contributed by atoms with E-state index in [1.165, 1.54) is 13.8 Å². The molecule has 3 aromatic rings. The normalized spacial score (nSPS) is 10.8. The Kier molecular flexibility index (Phi) is 3.02. The maximum absolute atomic E-state index is 11.4. The number of rotatable bonds is 2. The summed E-state index contributed by atoms with van der Waals surface area (Å²) in [7, 11) is 0. The van der Waals surface area contributed by atoms with Gasteiger partial charge in [-0.3, -0.25) is 19.9 Å². The second-order valence-corrected chi connectivity index (χ2v) is 4.66. The molecule has 0 radical (unpaired) electrons. The van der Waals surface area contributed by atoms with Crippen LogP contribution in [0.1, 0.15) is 13.8 Å². The molecule has 21 heavy (non-hydrogen) atoms. The van der Waals surface area contributed by atoms with Crippen LogP contribution in [0.5, 0.6) is 0 Å². The molecule has 7 nitrogen and oxygen atoms in total. The predicted molar refractivity (Wildman–Crippen MR) is 80.0 cm³/mol. The van der Waals surface area contributed by atoms with Gasteiger partial charge in [0.25, 0.3) is 0 Å². The van der Waals surface area contributed by atoms with Crippen LogP contribution in [0, 0.1) is 0 Å². The van der Waals surface area contributed by atoms with Gasteiger partial charge in [-0.05, 0) is 18.2 Å². The van der Waals surface area contributed by atoms with E-state index in [2.05, 4.69) is 25.6 Å². The number of aromatic amines is 1. The van der Waals surface area contributed by atoms with Crippen molar-refractivity contribution in [2.75, 3.05) is 10.6 Å². The first-order valence-corrected chi connectivity index (χ1v) is 6.37. The standard InChI is InChI=1S/C14H13N5O2/c1-7(20)16-13-12-9-5-6-15-10(9)3-4-11(12)18-14(19-13)17-8(2)21/h3-6H,1-2H3,(H,16,20)(H2,17,18,19,21). The molecule has 2 aromatic heterocycles. The molecule has 0 aliphatic carbocycles. The summed E-state index contributed by atoms with van der Waals surface area (Å²) in [6, 6.07) is 5.56. The van der Waals surface area contributed by atoms with Gasteiger partial charge >= 0.3 is 0 Å². The molecule has 7 heteroatoms. The van der Waals surface area contributed by atoms with Crippen LogP contribution >= 0.6 is 0 Å². The first-order chi connectivity index (χ1) is 10.0. The maximum Gasteiger partial charge on any atom is 0.223 e. The van der Waals surface area contributed by atoms with Crippen molar-refractivity contribution in [2.24, 2.45) is 0 Å². The monoisotopic (exact) mass is 283 g/mol. The number of carbonyl (C=O) groups excluding carboxylic acids is 2. The zero-order valence-corrected chi connectivity index (χ0v) is 11.5. The number of H-pyrrole nitrogens is 1. The van der Waals surface area contributed by atoms with E-state index in [-0.39, 0.29) is 17.8 Å². The van der Waals surface area contributed by atoms with Gasteiger partial charge in [0.2, 0.25) is 17.8 Å². The van der Waals surface area contributed by atoms with Crippen LogP contribution in [0.2, 0.25) is 0 Å². The van der Waals surface area contributed by atoms with Crippen LogP contribution < -0.4 is 10.6 Å². The van der Waals surface area contributed by atoms with Crippen LogP contribution in [-0.4, -0.2) is 26.8 Å². The predicted octanol–water partition coefficient (Wildman–Crippen LogP) is 2.03. The lowest BCUT2D eigenvalue weighted by atomic mass is 10.1. The fourth-order valence-electron chi connectivity index (χ4n) is 2.25. The average Bonchev–Trinajstić information content (AvgIpc) is 2.84. The number of carbonyl (C=O) groups is 2. The summed E-state index contributed by atoms with van der Waals surface area (Å²) in [5.74, 6) is 0.180. The summed E-state index contributed by atoms with van der Waals surface area (Å²) in [5, 5.41) is 6.92. The average molecular weight is 283 g/mol. The summed E-state index contributed by atoms with van der Waals surface area (Å²) in [6.07, 6.45) is 1.70. The third-order valence-electron chi connectivity index (χ3n) is 2.98. The molecule has 3 rings (SSSR count). The third-order valence-corrected chi connectivity index (χ3v) is 2.98. The Labute approximate surface area is 119 Å². The minimum atomic E-state index is -0.247. The molecular formula is C14H13N5O2. The van der Waals surface area contributed by atoms with Gasteiger partial charge < -0.3 is 10.3 Å². The highest BCUT2D eigenvalue weighted by Crippen LogP contribution is 2.29. The smallest absolute Gasteiger partial charge is 0.223 e. The molecule has 0 aliphatic rings. The van der Waals surface area contributed by atoms with Gasteiger partial charge in [-0.1, -0.05) is 0 Å². The number of nitrogens with zero attached hydrogens (tertiary/aromatic N) is 2. The van der Waals surface area contributed by atoms with E-state index in [4.69, 9.17) is 0 Å². The van der Waals surface area contributed by atoms with Gasteiger partial charge in [0.1, 0.15) is 5.82 Å². The number of hydrogen-bond donors (Lipinski definition) is 3. The highest BCUT2D eigenvalue weighted by atomic mass is 16.2. The fraction of sp³-hybridized carbons (Fsp3) is 0.143. The van der Waals surface area contributed by atoms with Crippen molar-refractivity contribution >= 4 is 45.4 Å². The molecule has 106 valence electrons. The molecule has 1 aromatic carbocycles. The minimum absolute atomic E-state index is 0.236. The van der Waals surface area contributed by atoms with Crippen molar-refractivity contribution in [2.45, 2.75) is 13.8 Å². The molecule has 0 fully saturated rings. The van der Waals surface area contributed by atoms with E-state index in [1.54, 1.807) is 6.20 Å². The summed E-state index contributed by atoms with van der Waals surface area (Å²) in [4.78, 5) is 34.1. The summed E-state index contributed by atoms with van der Waals surface area (Å²) < 4.78 is 0. The molecule has 0 aliphatic heterocycles. The second-order valence-electron chi connectivity index (χ2n) is 4.66. The molecule has 0 unspecified atom stereocenters. The van der Waals surface area contributed by atoms with E-state index < -0.39 is 0 Å². The first-order valence-electron chi connectivity index (χ1n) is 6.37. The second kappa shape index (κ2) is 4.86. The number of hydrogen-bond acceptors (Lipinski definition) is 4. The first kappa shape index (κ1) is 13.0. The number of amides is 2. The molecule has 2 amide bonds. The molecule has 3 N–H and O–H groups in total. The van der Waals surface area contributed by atoms with E-state index >= 15 is 0 Å². The summed E-state index contributed by atoms with van der Waals surface area (Å²) in [6.45, 7) is 2.80. The van der Waals surface area contributed by atoms with E-state index in [0.29, 0.717) is 5.82 Å². The SMILES string of the molecule is CC(=O)Nc1nc(NC(C)=O)c2c(ccc3nccc32)[nH]1. The van der Waals surface area contributed by atoms with E-state index in [0.717, 1.165) is 21.8 Å². The Morgan fingerprint density at radius 2 is 1.86 bits per heavy atom. The molecule has 0 saturated carbocycles. The number of nitrogens with one attached hydrogen (secondary N) is 3. The highest BCUT2D eigenvalue weighted by molar-refractivity contribution is 6.13. The van der Waals surface area contributed by atoms with Gasteiger partial charge in [-0.25, -0.2) is 0 Å². The number of aromatic nitrogens is 3. The topological polar surface area (TPSA) is 99.8 Å². The molecular weight excluding hydrogens is 270 g/mol. The molecule has 0 spiro atoms. The van der Waals surface area contributed by atoms with Crippen molar-refractivity contribution in [3.63, 3.8) is 0 Å². The third kappa shape index (κ3) is 2.40. The van der Waals surface area contributed by atoms with Gasteiger partial charge in [0.05, 0.1) is 16.4 Å². The Morgan fingerprint density at radius 3 is 2.57 bits per heavy atom. The Bertz CT molecular complexity index is 868. The number of fused-ring (bicyclic) bond motifs is 3. The Balaban J connectivity index is 2.31. The van der Waals surface area contributed by atoms with Crippen molar-refractivity contribution < 1.29 is 9.59 Å². The van der Waals surface area contributed by atoms with Crippen LogP contribution in [0.3, 0.4) is 0 Å². The molecule has 0 bridgehead atoms. The van der Waals surface area contributed by atoms with Crippen molar-refractivity contribution in [1.29, 1.82) is 0 Å². The van der Waals surface area contributed by atoms with Crippen LogP contribution in [0.4, 0.5) is 11.8 Å². The number of benzene rings is 1. The lowest BCUT2D eigenvalue weighted by Gasteiger charge is -2.11. The quantitative estimate of drug-likeness (QED) is 0.670. The van der Waals surface area contributed by atoms with Gasteiger partial charge in [0.15, 0.2) is 0 Å². The fourth-order valence-corrected chi connectivity index (χ4v) is 2.25. The number of anilines is 2. The summed E-state index contributed by atoms with van der Waals surface area (Å²) >= 11 is 0. The highest BCUT2D eigenvalue weighted by Gasteiger charge is 2.12. The van der Waals surface area contributed by atoms with Gasteiger partial charge in [-0.15, -0.1) is 0 Å². The zero-order valence-electron chi connectivity index (χ0n) is 11.5. The summed E-state index contributed by atoms with van der Waals surface area (Å²) in [5.41, 5.74) is 1.56. The maximum atomic E-state index is 11.4. The van der Waals surface area contributed by atoms with Crippen LogP contribution in [-0.2, 0) is 9.59 Å². The zero-order chi connectivity index (χ0) is 15.0.